The summed E-state index contributed by atoms with van der Waals surface area (Å²) in [6, 6.07) is 35.3. The molecule has 0 spiro atoms. The van der Waals surface area contributed by atoms with Crippen molar-refractivity contribution in [2.24, 2.45) is 0 Å². The average Bonchev–Trinajstić information content (AvgIpc) is 3.65. The van der Waals surface area contributed by atoms with E-state index in [4.69, 9.17) is 4.98 Å². The second kappa shape index (κ2) is 7.92. The number of thiophene rings is 1. The third kappa shape index (κ3) is 2.89. The number of pyridine rings is 1. The summed E-state index contributed by atoms with van der Waals surface area (Å²) >= 11 is 1.84. The number of hydrogen-bond acceptors (Lipinski definition) is 2. The predicted molar refractivity (Wildman–Crippen MR) is 166 cm³/mol. The van der Waals surface area contributed by atoms with Gasteiger partial charge in [0, 0.05) is 43.5 Å². The van der Waals surface area contributed by atoms with Crippen molar-refractivity contribution in [1.29, 1.82) is 0 Å². The number of nitrogens with zero attached hydrogens (tertiary/aromatic N) is 3. The highest BCUT2D eigenvalue weighted by molar-refractivity contribution is 7.26. The molecule has 4 heterocycles. The molecule has 4 aromatic carbocycles. The molecule has 0 radical (unpaired) electrons. The van der Waals surface area contributed by atoms with Gasteiger partial charge >= 0.3 is 0 Å². The number of hydrogen-bond donors (Lipinski definition) is 0. The van der Waals surface area contributed by atoms with Gasteiger partial charge in [-0.05, 0) is 66.9 Å². The van der Waals surface area contributed by atoms with Gasteiger partial charge in [-0.1, -0.05) is 60.7 Å². The highest BCUT2D eigenvalue weighted by Crippen LogP contribution is 2.41. The lowest BCUT2D eigenvalue weighted by Gasteiger charge is -2.12. The van der Waals surface area contributed by atoms with E-state index in [1.807, 2.05) is 17.5 Å². The molecule has 9 rings (SSSR count). The fourth-order valence-electron chi connectivity index (χ4n) is 6.59. The summed E-state index contributed by atoms with van der Waals surface area (Å²) in [5.41, 5.74) is 7.59. The number of aromatic nitrogens is 3. The summed E-state index contributed by atoms with van der Waals surface area (Å²) in [6.07, 6.45) is 8.72. The Labute approximate surface area is 228 Å². The third-order valence-corrected chi connectivity index (χ3v) is 9.44. The molecule has 0 unspecified atom stereocenters. The quantitative estimate of drug-likeness (QED) is 0.224. The zero-order chi connectivity index (χ0) is 25.5. The molecule has 4 heteroatoms. The van der Waals surface area contributed by atoms with Crippen LogP contribution in [0, 0.1) is 0 Å². The summed E-state index contributed by atoms with van der Waals surface area (Å²) < 4.78 is 7.29. The fraction of sp³-hybridized carbons (Fsp3) is 0.0571. The van der Waals surface area contributed by atoms with Crippen LogP contribution in [0.1, 0.15) is 17.7 Å². The molecule has 8 aromatic rings. The number of para-hydroxylation sites is 3. The maximum Gasteiger partial charge on any atom is 0.155 e. The molecule has 0 atom stereocenters. The van der Waals surface area contributed by atoms with Crippen LogP contribution in [0.4, 0.5) is 0 Å². The van der Waals surface area contributed by atoms with E-state index >= 15 is 0 Å². The van der Waals surface area contributed by atoms with Crippen molar-refractivity contribution in [3.63, 3.8) is 0 Å². The van der Waals surface area contributed by atoms with Crippen LogP contribution in [0.5, 0.6) is 0 Å². The zero-order valence-corrected chi connectivity index (χ0v) is 22.0. The maximum atomic E-state index is 4.99. The first-order chi connectivity index (χ1) is 19.4. The van der Waals surface area contributed by atoms with Crippen LogP contribution in [0.15, 0.2) is 109 Å². The smallest absolute Gasteiger partial charge is 0.155 e. The molecule has 0 N–H and O–H groups in total. The average molecular weight is 518 g/mol. The minimum atomic E-state index is 1.02. The van der Waals surface area contributed by atoms with Crippen molar-refractivity contribution < 1.29 is 0 Å². The highest BCUT2D eigenvalue weighted by atomic mass is 32.1. The Morgan fingerprint density at radius 3 is 2.10 bits per heavy atom. The monoisotopic (exact) mass is 517 g/mol. The first-order valence-electron chi connectivity index (χ1n) is 13.5. The van der Waals surface area contributed by atoms with Crippen molar-refractivity contribution in [3.05, 3.63) is 121 Å². The molecule has 3 nitrogen and oxygen atoms in total. The first kappa shape index (κ1) is 21.3. The van der Waals surface area contributed by atoms with Crippen LogP contribution >= 0.6 is 11.3 Å². The summed E-state index contributed by atoms with van der Waals surface area (Å²) in [4.78, 5) is 4.99. The van der Waals surface area contributed by atoms with E-state index in [1.54, 1.807) is 0 Å². The molecular weight excluding hydrogens is 494 g/mol. The van der Waals surface area contributed by atoms with Gasteiger partial charge in [0.2, 0.25) is 0 Å². The number of rotatable bonds is 2. The summed E-state index contributed by atoms with van der Waals surface area (Å²) in [6.45, 7) is 0. The molecule has 0 saturated carbocycles. The van der Waals surface area contributed by atoms with Crippen LogP contribution in [0.25, 0.3) is 70.5 Å². The fourth-order valence-corrected chi connectivity index (χ4v) is 7.75. The van der Waals surface area contributed by atoms with E-state index in [2.05, 4.69) is 118 Å². The van der Waals surface area contributed by atoms with Gasteiger partial charge < -0.3 is 4.57 Å². The van der Waals surface area contributed by atoms with E-state index in [1.165, 1.54) is 69.8 Å². The Kier molecular flexibility index (Phi) is 4.32. The molecule has 0 saturated heterocycles. The van der Waals surface area contributed by atoms with Crippen molar-refractivity contribution in [2.75, 3.05) is 0 Å². The van der Waals surface area contributed by atoms with Gasteiger partial charge in [0.1, 0.15) is 0 Å². The van der Waals surface area contributed by atoms with Gasteiger partial charge in [0.15, 0.2) is 5.82 Å². The largest absolute Gasteiger partial charge is 0.309 e. The van der Waals surface area contributed by atoms with Crippen LogP contribution in [-0.2, 0) is 6.42 Å². The molecule has 0 fully saturated rings. The lowest BCUT2D eigenvalue weighted by molar-refractivity contribution is 0.958. The molecule has 39 heavy (non-hydrogen) atoms. The topological polar surface area (TPSA) is 22.8 Å². The van der Waals surface area contributed by atoms with E-state index < -0.39 is 0 Å². The van der Waals surface area contributed by atoms with Crippen molar-refractivity contribution >= 4 is 70.3 Å². The number of aryl methyl sites for hydroxylation is 1. The minimum absolute atomic E-state index is 1.02. The Bertz CT molecular complexity index is 2240. The second-order valence-corrected chi connectivity index (χ2v) is 11.4. The Hall–Kier alpha value is -4.67. The molecule has 1 aliphatic carbocycles. The molecule has 1 aliphatic rings. The summed E-state index contributed by atoms with van der Waals surface area (Å²) in [5.74, 6) is 1.02. The van der Waals surface area contributed by atoms with Crippen LogP contribution in [0.2, 0.25) is 0 Å². The van der Waals surface area contributed by atoms with Crippen molar-refractivity contribution in [1.82, 2.24) is 14.1 Å². The normalized spacial score (nSPS) is 13.3. The van der Waals surface area contributed by atoms with Gasteiger partial charge in [-0.2, -0.15) is 0 Å². The van der Waals surface area contributed by atoms with Gasteiger partial charge in [-0.25, -0.2) is 4.98 Å². The Morgan fingerprint density at radius 1 is 0.641 bits per heavy atom. The molecule has 0 bridgehead atoms. The minimum Gasteiger partial charge on any atom is -0.309 e. The summed E-state index contributed by atoms with van der Waals surface area (Å²) in [5, 5.41) is 6.44. The molecule has 0 aliphatic heterocycles. The lowest BCUT2D eigenvalue weighted by atomic mass is 10.0. The van der Waals surface area contributed by atoms with Gasteiger partial charge in [-0.3, -0.25) is 4.57 Å². The standard InChI is InChI=1S/C35H23N3S/c1-5-13-29-23(9-1)24-10-2-6-14-30(24)37(29)22-17-18-33-28(21-22)27-19-20-36-35(34(27)39-33)38-31-15-7-3-11-25(31)26-12-4-8-16-32(26)38/h1-3,5-11,13-21H,4,12H2. The molecule has 184 valence electrons. The van der Waals surface area contributed by atoms with Crippen LogP contribution in [0.3, 0.4) is 0 Å². The van der Waals surface area contributed by atoms with Crippen LogP contribution < -0.4 is 0 Å². The predicted octanol–water partition coefficient (Wildman–Crippen LogP) is 9.45. The van der Waals surface area contributed by atoms with Crippen molar-refractivity contribution in [3.8, 4) is 11.5 Å². The third-order valence-electron chi connectivity index (χ3n) is 8.26. The first-order valence-corrected chi connectivity index (χ1v) is 14.3. The molecule has 0 amide bonds. The van der Waals surface area contributed by atoms with Gasteiger partial charge in [0.05, 0.1) is 26.9 Å². The van der Waals surface area contributed by atoms with Crippen LogP contribution in [-0.4, -0.2) is 14.1 Å². The number of allylic oxidation sites excluding steroid dienone is 1. The molecule has 4 aromatic heterocycles. The zero-order valence-electron chi connectivity index (χ0n) is 21.1. The number of benzene rings is 4. The van der Waals surface area contributed by atoms with Gasteiger partial charge in [0.25, 0.3) is 0 Å². The number of fused-ring (bicyclic) bond motifs is 9. The second-order valence-electron chi connectivity index (χ2n) is 10.3. The summed E-state index contributed by atoms with van der Waals surface area (Å²) in [7, 11) is 0. The van der Waals surface area contributed by atoms with E-state index in [-0.39, 0.29) is 0 Å². The van der Waals surface area contributed by atoms with E-state index in [0.717, 1.165) is 18.7 Å². The van der Waals surface area contributed by atoms with Gasteiger partial charge in [-0.15, -0.1) is 11.3 Å². The lowest BCUT2D eigenvalue weighted by Crippen LogP contribution is -2.02. The van der Waals surface area contributed by atoms with Crippen molar-refractivity contribution in [2.45, 2.75) is 12.8 Å². The Morgan fingerprint density at radius 2 is 1.33 bits per heavy atom. The van der Waals surface area contributed by atoms with E-state index in [9.17, 15) is 0 Å². The highest BCUT2D eigenvalue weighted by Gasteiger charge is 2.21. The van der Waals surface area contributed by atoms with E-state index in [0.29, 0.717) is 0 Å². The maximum absolute atomic E-state index is 4.99. The molecular formula is C35H23N3S. The SMILES string of the molecule is C1=Cc2c(c3ccccc3n2-c2nccc3c2sc2ccc(-n4c5ccccc5c5ccccc54)cc23)CC1. The Balaban J connectivity index is 1.33.